The van der Waals surface area contributed by atoms with Crippen molar-refractivity contribution in [3.8, 4) is 24.3 Å². The van der Waals surface area contributed by atoms with Crippen LogP contribution in [0.25, 0.3) is 45.3 Å². The molecule has 0 radical (unpaired) electrons. The largest absolute Gasteiger partial charge is 0.511 e. The lowest BCUT2D eigenvalue weighted by Gasteiger charge is -2.21. The van der Waals surface area contributed by atoms with Gasteiger partial charge in [-0.05, 0) is 145 Å². The van der Waals surface area contributed by atoms with Gasteiger partial charge >= 0.3 is 24.4 Å². The van der Waals surface area contributed by atoms with Gasteiger partial charge in [0, 0.05) is 56.8 Å². The third-order valence-electron chi connectivity index (χ3n) is 17.7. The van der Waals surface area contributed by atoms with E-state index in [1.165, 1.54) is 12.7 Å². The highest BCUT2D eigenvalue weighted by Crippen LogP contribution is 2.37. The number of carbonyl (C=O) groups excluding carboxylic acids is 4. The van der Waals surface area contributed by atoms with Crippen molar-refractivity contribution in [1.82, 2.24) is 39.1 Å². The van der Waals surface area contributed by atoms with Crippen molar-refractivity contribution in [3.05, 3.63) is 211 Å². The number of hydrogen-bond acceptors (Lipinski definition) is 23. The summed E-state index contributed by atoms with van der Waals surface area (Å²) in [6, 6.07) is 47.4. The van der Waals surface area contributed by atoms with Crippen molar-refractivity contribution in [2.75, 3.05) is 20.5 Å². The molecule has 4 aromatic heterocycles. The first-order chi connectivity index (χ1) is 55.7. The number of methoxy groups -OCH3 is 1. The Morgan fingerprint density at radius 2 is 0.647 bits per heavy atom. The lowest BCUT2D eigenvalue weighted by molar-refractivity contribution is -0.164. The SMILES string of the molecule is CCCC(=O)OC(C)O/C(=C(/C#N)c1ccc(C(C)(C)C)cc1)c1cc(C)nn1C.CCOC(=O)OCO/C(=C(/C#N)c1ccc(C(C)(C)C)cc1)c1cc(C)nn1C.COC(=O)OC(C)O/C(=C(/C#N)c1ccc(C(C)(C)C)cc1)c1cc(C)nn1C.Cc1cc(/C(OC(C)OC(=O)OC(C)C)=C(\C#N)c2ccc(C(C)(C)C)cc2)n(C)n1.[HH]. The molecule has 8 aromatic rings. The molecule has 636 valence electrons. The van der Waals surface area contributed by atoms with E-state index in [-0.39, 0.29) is 65.8 Å². The van der Waals surface area contributed by atoms with E-state index >= 15 is 0 Å². The molecule has 27 nitrogen and oxygen atoms in total. The summed E-state index contributed by atoms with van der Waals surface area (Å²) in [5.74, 6) is 0.831. The minimum absolute atomic E-state index is 0. The summed E-state index contributed by atoms with van der Waals surface area (Å²) in [5, 5.41) is 57.2. The van der Waals surface area contributed by atoms with Crippen LogP contribution in [0, 0.1) is 73.0 Å². The topological polar surface area (TPSA) is 336 Å². The summed E-state index contributed by atoms with van der Waals surface area (Å²) < 4.78 is 64.9. The minimum Gasteiger partial charge on any atom is -0.454 e. The van der Waals surface area contributed by atoms with Crippen molar-refractivity contribution in [2.24, 2.45) is 28.2 Å². The standard InChI is InChI=1S/C24H31N3O4.C24H31N3O3.2C22H27N3O4.H2/c1-15(2)29-23(28)31-17(4)30-22(21-13-16(3)26-27(21)8)20(14-25)18-9-11-19(12-10-18)24(5,6)7;1-8-9-22(28)29-17(3)30-23(21-14-16(2)26-27(21)7)20(15-25)18-10-12-19(13-11-18)24(4,5)6;1-14-12-19(25(6)24-14)20(28-15(2)29-21(26)27-7)18(13-23)16-8-10-17(11-9-16)22(3,4)5;1-7-27-21(26)29-14-28-20(19-12-15(2)24-25(19)6)18(13-23)16-8-10-17(11-9-16)22(3,4)5;/h9-13,15,17H,1-8H3;10-14,17H,8-9H2,1-7H3;8-12,15H,1-7H3;8-12H,7,14H2,1-6H3;1H/b22-20-;23-20-;2*20-18-;. The summed E-state index contributed by atoms with van der Waals surface area (Å²) in [4.78, 5) is 46.6. The number of benzene rings is 4. The van der Waals surface area contributed by atoms with Gasteiger partial charge in [0.25, 0.3) is 0 Å². The Kier molecular flexibility index (Phi) is 35.2. The highest BCUT2D eigenvalue weighted by Gasteiger charge is 2.29. The van der Waals surface area contributed by atoms with E-state index in [0.717, 1.165) is 45.0 Å². The summed E-state index contributed by atoms with van der Waals surface area (Å²) in [7, 11) is 8.29. The fourth-order valence-electron chi connectivity index (χ4n) is 11.7. The van der Waals surface area contributed by atoms with Crippen molar-refractivity contribution < 1.29 is 72.7 Å². The zero-order valence-corrected chi connectivity index (χ0v) is 74.2. The fraction of sp³-hybridized carbons (Fsp3) is 0.435. The van der Waals surface area contributed by atoms with Gasteiger partial charge < -0.3 is 52.1 Å². The van der Waals surface area contributed by atoms with E-state index in [0.29, 0.717) is 80.4 Å². The van der Waals surface area contributed by atoms with E-state index < -0.39 is 37.3 Å². The molecule has 0 saturated carbocycles. The van der Waals surface area contributed by atoms with Crippen LogP contribution in [0.4, 0.5) is 14.4 Å². The fourth-order valence-corrected chi connectivity index (χ4v) is 11.7. The van der Waals surface area contributed by atoms with Gasteiger partial charge in [-0.2, -0.15) is 41.4 Å². The number of ether oxygens (including phenoxy) is 11. The predicted octanol–water partition coefficient (Wildman–Crippen LogP) is 19.8. The maximum absolute atomic E-state index is 11.9. The molecule has 119 heavy (non-hydrogen) atoms. The van der Waals surface area contributed by atoms with Crippen LogP contribution in [0.15, 0.2) is 121 Å². The van der Waals surface area contributed by atoms with E-state index in [9.17, 15) is 40.2 Å². The number of aromatic nitrogens is 8. The van der Waals surface area contributed by atoms with Crippen molar-refractivity contribution in [1.29, 1.82) is 21.0 Å². The summed E-state index contributed by atoms with van der Waals surface area (Å²) in [6.07, 6.45) is -4.63. The molecule has 8 rings (SSSR count). The Hall–Kier alpha value is -12.9. The molecule has 0 aliphatic carbocycles. The van der Waals surface area contributed by atoms with Crippen LogP contribution < -0.4 is 0 Å². The average Bonchev–Trinajstić information content (AvgIpc) is 1.53. The molecule has 0 amide bonds. The summed E-state index contributed by atoms with van der Waals surface area (Å²) >= 11 is 0. The van der Waals surface area contributed by atoms with Crippen LogP contribution in [0.3, 0.4) is 0 Å². The van der Waals surface area contributed by atoms with Gasteiger partial charge in [0.2, 0.25) is 25.7 Å². The smallest absolute Gasteiger partial charge is 0.454 e. The van der Waals surface area contributed by atoms with Crippen molar-refractivity contribution in [3.63, 3.8) is 0 Å². The Morgan fingerprint density at radius 3 is 0.882 bits per heavy atom. The van der Waals surface area contributed by atoms with Gasteiger partial charge in [-0.15, -0.1) is 0 Å². The lowest BCUT2D eigenvalue weighted by Crippen LogP contribution is -2.21. The molecule has 0 aliphatic rings. The minimum atomic E-state index is -0.978. The molecule has 0 fully saturated rings. The number of allylic oxidation sites excluding steroid dienone is 4. The number of nitrogens with zero attached hydrogens (tertiary/aromatic N) is 12. The second-order valence-corrected chi connectivity index (χ2v) is 32.2. The summed E-state index contributed by atoms with van der Waals surface area (Å²) in [5.41, 5.74) is 14.3. The molecule has 3 atom stereocenters. The third kappa shape index (κ3) is 28.8. The lowest BCUT2D eigenvalue weighted by atomic mass is 9.86. The molecule has 0 bridgehead atoms. The van der Waals surface area contributed by atoms with E-state index in [1.807, 2.05) is 144 Å². The van der Waals surface area contributed by atoms with E-state index in [1.54, 1.807) is 101 Å². The molecule has 27 heteroatoms. The second kappa shape index (κ2) is 43.4. The second-order valence-electron chi connectivity index (χ2n) is 32.2. The molecule has 4 heterocycles. The van der Waals surface area contributed by atoms with Crippen LogP contribution in [-0.2, 0) is 107 Å². The van der Waals surface area contributed by atoms with Gasteiger partial charge in [-0.3, -0.25) is 23.5 Å². The van der Waals surface area contributed by atoms with Crippen LogP contribution >= 0.6 is 0 Å². The Morgan fingerprint density at radius 1 is 0.378 bits per heavy atom. The molecule has 0 N–H and O–H groups in total. The number of rotatable bonds is 24. The Bertz CT molecular complexity index is 5100. The predicted molar refractivity (Wildman–Crippen MR) is 457 cm³/mol. The number of carbonyl (C=O) groups is 4. The Balaban J connectivity index is 0.000000335. The molecule has 4 aromatic carbocycles. The third-order valence-corrected chi connectivity index (χ3v) is 17.7. The number of aryl methyl sites for hydroxylation is 8. The maximum Gasteiger partial charge on any atom is 0.511 e. The molecule has 0 aliphatic heterocycles. The van der Waals surface area contributed by atoms with Gasteiger partial charge in [0.1, 0.15) is 69.3 Å². The zero-order valence-electron chi connectivity index (χ0n) is 74.2. The monoisotopic (exact) mass is 1630 g/mol. The molecule has 3 unspecified atom stereocenters. The molecule has 0 spiro atoms. The first-order valence-corrected chi connectivity index (χ1v) is 39.0. The van der Waals surface area contributed by atoms with Crippen molar-refractivity contribution >= 4 is 69.8 Å². The van der Waals surface area contributed by atoms with Crippen molar-refractivity contribution in [2.45, 2.75) is 219 Å². The van der Waals surface area contributed by atoms with Gasteiger partial charge in [0.15, 0.2) is 23.0 Å². The van der Waals surface area contributed by atoms with E-state index in [4.69, 9.17) is 47.4 Å². The number of hydrogen-bond donors (Lipinski definition) is 0. The van der Waals surface area contributed by atoms with Gasteiger partial charge in [-0.25, -0.2) is 14.4 Å². The number of nitriles is 4. The first kappa shape index (κ1) is 96.7. The van der Waals surface area contributed by atoms with Gasteiger partial charge in [0.05, 0.1) is 42.6 Å². The van der Waals surface area contributed by atoms with Crippen LogP contribution in [0.2, 0.25) is 0 Å². The zero-order chi connectivity index (χ0) is 89.2. The van der Waals surface area contributed by atoms with Crippen LogP contribution in [0.5, 0.6) is 0 Å². The first-order valence-electron chi connectivity index (χ1n) is 39.0. The quantitative estimate of drug-likeness (QED) is 0.0178. The molecular weight excluding hydrogens is 1510 g/mol. The average molecular weight is 1630 g/mol. The molecular formula is C92H118N12O15. The highest BCUT2D eigenvalue weighted by molar-refractivity contribution is 5.97. The number of esters is 1. The maximum atomic E-state index is 11.9. The summed E-state index contributed by atoms with van der Waals surface area (Å²) in [6.45, 7) is 44.6. The normalized spacial score (nSPS) is 12.9. The Labute approximate surface area is 702 Å². The van der Waals surface area contributed by atoms with E-state index in [2.05, 4.69) is 132 Å². The van der Waals surface area contributed by atoms with Crippen LogP contribution in [-0.4, -0.2) is 109 Å². The van der Waals surface area contributed by atoms with Crippen LogP contribution in [0.1, 0.15) is 236 Å². The molecule has 0 saturated heterocycles. The van der Waals surface area contributed by atoms with Gasteiger partial charge in [-0.1, -0.05) is 187 Å². The highest BCUT2D eigenvalue weighted by atomic mass is 16.8.